The second-order valence-electron chi connectivity index (χ2n) is 9.03. The van der Waals surface area contributed by atoms with E-state index in [1.54, 1.807) is 18.3 Å². The molecule has 0 fully saturated rings. The van der Waals surface area contributed by atoms with Gasteiger partial charge in [-0.3, -0.25) is 14.5 Å². The van der Waals surface area contributed by atoms with Crippen molar-refractivity contribution in [3.05, 3.63) is 70.9 Å². The highest BCUT2D eigenvalue weighted by Gasteiger charge is 2.16. The first-order valence-corrected chi connectivity index (χ1v) is 12.0. The average Bonchev–Trinajstić information content (AvgIpc) is 2.66. The van der Waals surface area contributed by atoms with Crippen LogP contribution in [0.25, 0.3) is 10.9 Å². The molecule has 0 spiro atoms. The molecule has 1 aromatic heterocycles. The van der Waals surface area contributed by atoms with Crippen LogP contribution >= 0.6 is 0 Å². The zero-order valence-electron chi connectivity index (χ0n) is 18.8. The van der Waals surface area contributed by atoms with Crippen LogP contribution in [0.15, 0.2) is 48.7 Å². The van der Waals surface area contributed by atoms with E-state index in [1.807, 2.05) is 32.0 Å². The van der Waals surface area contributed by atoms with Gasteiger partial charge in [-0.2, -0.15) is 0 Å². The summed E-state index contributed by atoms with van der Waals surface area (Å²) >= 11 is 0. The van der Waals surface area contributed by atoms with E-state index in [0.717, 1.165) is 28.3 Å². The van der Waals surface area contributed by atoms with Crippen LogP contribution in [0.2, 0.25) is 0 Å². The van der Waals surface area contributed by atoms with Crippen molar-refractivity contribution in [3.63, 3.8) is 0 Å². The van der Waals surface area contributed by atoms with Crippen LogP contribution in [0.4, 0.5) is 5.69 Å². The Hall–Kier alpha value is -2.93. The van der Waals surface area contributed by atoms with Crippen molar-refractivity contribution in [3.8, 4) is 0 Å². The second-order valence-corrected chi connectivity index (χ2v) is 10.8. The SMILES string of the molecule is Cc1cc([C@H](C)NC(=O)c2cnc3ccc(C(C)(C)C)cc3c2)ccc1NS(C)(=O)=O. The highest BCUT2D eigenvalue weighted by molar-refractivity contribution is 7.92. The molecule has 7 heteroatoms. The first-order chi connectivity index (χ1) is 14.3. The number of amides is 1. The Morgan fingerprint density at radius 1 is 1.06 bits per heavy atom. The minimum absolute atomic E-state index is 0.0109. The number of sulfonamides is 1. The Morgan fingerprint density at radius 2 is 1.77 bits per heavy atom. The molecule has 0 saturated heterocycles. The summed E-state index contributed by atoms with van der Waals surface area (Å²) in [5.41, 5.74) is 4.74. The van der Waals surface area contributed by atoms with Crippen LogP contribution in [0.3, 0.4) is 0 Å². The fourth-order valence-corrected chi connectivity index (χ4v) is 3.98. The molecular formula is C24H29N3O3S. The molecule has 0 saturated carbocycles. The smallest absolute Gasteiger partial charge is 0.253 e. The molecular weight excluding hydrogens is 410 g/mol. The van der Waals surface area contributed by atoms with Gasteiger partial charge in [0.1, 0.15) is 0 Å². The van der Waals surface area contributed by atoms with Crippen molar-refractivity contribution in [2.75, 3.05) is 11.0 Å². The quantitative estimate of drug-likeness (QED) is 0.603. The third-order valence-electron chi connectivity index (χ3n) is 5.20. The topological polar surface area (TPSA) is 88.2 Å². The lowest BCUT2D eigenvalue weighted by molar-refractivity contribution is 0.0939. The number of nitrogens with zero attached hydrogens (tertiary/aromatic N) is 1. The fraction of sp³-hybridized carbons (Fsp3) is 0.333. The number of carbonyl (C=O) groups is 1. The van der Waals surface area contributed by atoms with E-state index in [0.29, 0.717) is 11.3 Å². The number of aryl methyl sites for hydroxylation is 1. The molecule has 1 heterocycles. The number of fused-ring (bicyclic) bond motifs is 1. The third-order valence-corrected chi connectivity index (χ3v) is 5.79. The summed E-state index contributed by atoms with van der Waals surface area (Å²) in [6.07, 6.45) is 2.71. The Kier molecular flexibility index (Phi) is 6.09. The van der Waals surface area contributed by atoms with Gasteiger partial charge in [-0.25, -0.2) is 8.42 Å². The van der Waals surface area contributed by atoms with Gasteiger partial charge in [0.25, 0.3) is 5.91 Å². The molecule has 0 aliphatic carbocycles. The molecule has 3 aromatic rings. The molecule has 3 rings (SSSR count). The lowest BCUT2D eigenvalue weighted by Crippen LogP contribution is -2.26. The zero-order chi connectivity index (χ0) is 23.0. The van der Waals surface area contributed by atoms with Gasteiger partial charge in [-0.15, -0.1) is 0 Å². The summed E-state index contributed by atoms with van der Waals surface area (Å²) in [6, 6.07) is 13.1. The van der Waals surface area contributed by atoms with E-state index in [4.69, 9.17) is 0 Å². The van der Waals surface area contributed by atoms with E-state index >= 15 is 0 Å². The molecule has 0 aliphatic heterocycles. The maximum absolute atomic E-state index is 12.9. The lowest BCUT2D eigenvalue weighted by atomic mass is 9.86. The van der Waals surface area contributed by atoms with Gasteiger partial charge in [-0.05, 0) is 60.2 Å². The Labute approximate surface area is 184 Å². The maximum atomic E-state index is 12.9. The largest absolute Gasteiger partial charge is 0.345 e. The summed E-state index contributed by atoms with van der Waals surface area (Å²) in [5.74, 6) is -0.209. The van der Waals surface area contributed by atoms with Crippen molar-refractivity contribution < 1.29 is 13.2 Å². The summed E-state index contributed by atoms with van der Waals surface area (Å²) in [4.78, 5) is 17.3. The molecule has 0 bridgehead atoms. The molecule has 1 amide bonds. The van der Waals surface area contributed by atoms with Crippen molar-refractivity contribution >= 4 is 32.5 Å². The Bertz CT molecular complexity index is 1240. The molecule has 0 aliphatic rings. The highest BCUT2D eigenvalue weighted by Crippen LogP contribution is 2.26. The molecule has 6 nitrogen and oxygen atoms in total. The van der Waals surface area contributed by atoms with Crippen LogP contribution in [0, 0.1) is 6.92 Å². The van der Waals surface area contributed by atoms with Gasteiger partial charge in [-0.1, -0.05) is 39.0 Å². The summed E-state index contributed by atoms with van der Waals surface area (Å²) in [6.45, 7) is 10.2. The molecule has 0 unspecified atom stereocenters. The zero-order valence-corrected chi connectivity index (χ0v) is 19.6. The van der Waals surface area contributed by atoms with Crippen molar-refractivity contribution in [1.82, 2.24) is 10.3 Å². The monoisotopic (exact) mass is 439 g/mol. The standard InChI is InChI=1S/C24H29N3O3S/c1-15-11-17(7-9-21(15)27-31(6,29)30)16(2)26-23(28)19-12-18-13-20(24(3,4)5)8-10-22(18)25-14-19/h7-14,16,27H,1-6H3,(H,26,28)/t16-/m0/s1. The maximum Gasteiger partial charge on any atom is 0.253 e. The molecule has 1 atom stereocenters. The normalized spacial score (nSPS) is 13.1. The molecule has 2 N–H and O–H groups in total. The summed E-state index contributed by atoms with van der Waals surface area (Å²) in [5, 5.41) is 3.93. The van der Waals surface area contributed by atoms with Crippen molar-refractivity contribution in [2.24, 2.45) is 0 Å². The predicted molar refractivity (Wildman–Crippen MR) is 126 cm³/mol. The third kappa shape index (κ3) is 5.61. The van der Waals surface area contributed by atoms with E-state index in [2.05, 4.69) is 47.9 Å². The number of hydrogen-bond donors (Lipinski definition) is 2. The van der Waals surface area contributed by atoms with Crippen LogP contribution in [0.5, 0.6) is 0 Å². The van der Waals surface area contributed by atoms with Crippen LogP contribution in [0.1, 0.15) is 60.8 Å². The number of hydrogen-bond acceptors (Lipinski definition) is 4. The van der Waals surface area contributed by atoms with E-state index in [-0.39, 0.29) is 17.4 Å². The Balaban J connectivity index is 1.80. The number of carbonyl (C=O) groups excluding carboxylic acids is 1. The second kappa shape index (κ2) is 8.30. The van der Waals surface area contributed by atoms with Crippen LogP contribution in [-0.4, -0.2) is 25.6 Å². The minimum Gasteiger partial charge on any atom is -0.345 e. The van der Waals surface area contributed by atoms with E-state index < -0.39 is 10.0 Å². The van der Waals surface area contributed by atoms with Crippen molar-refractivity contribution in [2.45, 2.75) is 46.1 Å². The number of aromatic nitrogens is 1. The predicted octanol–water partition coefficient (Wildman–Crippen LogP) is 4.70. The molecule has 31 heavy (non-hydrogen) atoms. The van der Waals surface area contributed by atoms with Gasteiger partial charge in [0, 0.05) is 11.6 Å². The Morgan fingerprint density at radius 3 is 2.39 bits per heavy atom. The first-order valence-electron chi connectivity index (χ1n) is 10.1. The minimum atomic E-state index is -3.34. The molecule has 164 valence electrons. The summed E-state index contributed by atoms with van der Waals surface area (Å²) in [7, 11) is -3.34. The number of benzene rings is 2. The van der Waals surface area contributed by atoms with Gasteiger partial charge in [0.15, 0.2) is 0 Å². The van der Waals surface area contributed by atoms with E-state index in [9.17, 15) is 13.2 Å². The van der Waals surface area contributed by atoms with Crippen molar-refractivity contribution in [1.29, 1.82) is 0 Å². The lowest BCUT2D eigenvalue weighted by Gasteiger charge is -2.19. The van der Waals surface area contributed by atoms with Crippen LogP contribution < -0.4 is 10.0 Å². The number of anilines is 1. The number of rotatable bonds is 5. The first kappa shape index (κ1) is 22.7. The van der Waals surface area contributed by atoms with Crippen LogP contribution in [-0.2, 0) is 15.4 Å². The average molecular weight is 440 g/mol. The van der Waals surface area contributed by atoms with Gasteiger partial charge < -0.3 is 5.32 Å². The molecule has 2 aromatic carbocycles. The van der Waals surface area contributed by atoms with Gasteiger partial charge in [0.05, 0.1) is 29.1 Å². The number of nitrogens with one attached hydrogen (secondary N) is 2. The number of pyridine rings is 1. The van der Waals surface area contributed by atoms with E-state index in [1.165, 1.54) is 5.56 Å². The fourth-order valence-electron chi connectivity index (χ4n) is 3.36. The highest BCUT2D eigenvalue weighted by atomic mass is 32.2. The van der Waals surface area contributed by atoms with Gasteiger partial charge >= 0.3 is 0 Å². The van der Waals surface area contributed by atoms with Gasteiger partial charge in [0.2, 0.25) is 10.0 Å². The summed E-state index contributed by atoms with van der Waals surface area (Å²) < 4.78 is 25.4. The molecule has 0 radical (unpaired) electrons.